The second-order valence-electron chi connectivity index (χ2n) is 6.86. The lowest BCUT2D eigenvalue weighted by atomic mass is 9.89. The smallest absolute Gasteiger partial charge is 0.280 e. The first-order chi connectivity index (χ1) is 12.1. The minimum atomic E-state index is -0.0501. The topological polar surface area (TPSA) is 69.5 Å². The van der Waals surface area contributed by atoms with Gasteiger partial charge < -0.3 is 10.6 Å². The highest BCUT2D eigenvalue weighted by Crippen LogP contribution is 2.39. The summed E-state index contributed by atoms with van der Waals surface area (Å²) in [6.07, 6.45) is 3.08. The van der Waals surface area contributed by atoms with Gasteiger partial charge in [0.25, 0.3) is 5.91 Å². The van der Waals surface area contributed by atoms with Crippen LogP contribution in [-0.4, -0.2) is 12.5 Å². The van der Waals surface area contributed by atoms with Gasteiger partial charge in [-0.2, -0.15) is 5.26 Å². The molecule has 3 rings (SSSR count). The predicted octanol–water partition coefficient (Wildman–Crippen LogP) is 3.01. The molecule has 3 N–H and O–H groups in total. The fourth-order valence-corrected chi connectivity index (χ4v) is 4.69. The average Bonchev–Trinajstić information content (AvgIpc) is 2.96. The molecule has 2 atom stereocenters. The number of quaternary nitrogens is 1. The van der Waals surface area contributed by atoms with Gasteiger partial charge in [0.2, 0.25) is 0 Å². The number of benzene rings is 1. The van der Waals surface area contributed by atoms with Crippen molar-refractivity contribution >= 4 is 22.2 Å². The molecule has 0 spiro atoms. The van der Waals surface area contributed by atoms with Crippen molar-refractivity contribution in [2.75, 3.05) is 11.9 Å². The Labute approximate surface area is 152 Å². The van der Waals surface area contributed by atoms with Crippen molar-refractivity contribution in [1.29, 1.82) is 5.26 Å². The number of nitrogens with one attached hydrogen (secondary N) is 1. The number of thiophene rings is 1. The minimum Gasteiger partial charge on any atom is -0.333 e. The molecule has 5 heteroatoms. The van der Waals surface area contributed by atoms with Gasteiger partial charge in [0, 0.05) is 10.4 Å². The first-order valence-electron chi connectivity index (χ1n) is 8.81. The lowest BCUT2D eigenvalue weighted by Crippen LogP contribution is -2.86. The maximum atomic E-state index is 12.3. The van der Waals surface area contributed by atoms with Gasteiger partial charge in [-0.15, -0.1) is 11.3 Å². The average molecular weight is 354 g/mol. The van der Waals surface area contributed by atoms with E-state index in [1.54, 1.807) is 11.3 Å². The van der Waals surface area contributed by atoms with E-state index in [1.807, 2.05) is 23.5 Å². The summed E-state index contributed by atoms with van der Waals surface area (Å²) < 4.78 is 0. The van der Waals surface area contributed by atoms with Crippen LogP contribution >= 0.6 is 11.3 Å². The van der Waals surface area contributed by atoms with Crippen LogP contribution in [0.15, 0.2) is 30.3 Å². The number of carbonyl (C=O) groups excluding carboxylic acids is 1. The van der Waals surface area contributed by atoms with Crippen molar-refractivity contribution in [3.8, 4) is 6.07 Å². The Morgan fingerprint density at radius 1 is 1.44 bits per heavy atom. The molecule has 4 nitrogen and oxygen atoms in total. The Hall–Kier alpha value is -2.16. The van der Waals surface area contributed by atoms with Crippen LogP contribution < -0.4 is 10.6 Å². The molecule has 0 aliphatic heterocycles. The summed E-state index contributed by atoms with van der Waals surface area (Å²) in [6.45, 7) is 4.68. The highest BCUT2D eigenvalue weighted by atomic mass is 32.1. The van der Waals surface area contributed by atoms with Gasteiger partial charge in [0.1, 0.15) is 17.1 Å². The molecule has 1 aliphatic carbocycles. The summed E-state index contributed by atoms with van der Waals surface area (Å²) in [7, 11) is 0. The van der Waals surface area contributed by atoms with E-state index in [0.717, 1.165) is 29.8 Å². The largest absolute Gasteiger partial charge is 0.333 e. The second-order valence-corrected chi connectivity index (χ2v) is 7.96. The van der Waals surface area contributed by atoms with Crippen molar-refractivity contribution in [1.82, 2.24) is 0 Å². The maximum Gasteiger partial charge on any atom is 0.280 e. The van der Waals surface area contributed by atoms with Crippen LogP contribution in [0.3, 0.4) is 0 Å². The number of fused-ring (bicyclic) bond motifs is 1. The fraction of sp³-hybridized carbons (Fsp3) is 0.400. The third-order valence-electron chi connectivity index (χ3n) is 4.86. The number of carbonyl (C=O) groups is 1. The third-order valence-corrected chi connectivity index (χ3v) is 6.03. The number of nitrogens with zero attached hydrogens (tertiary/aromatic N) is 1. The Morgan fingerprint density at radius 3 is 2.92 bits per heavy atom. The molecule has 130 valence electrons. The fourth-order valence-electron chi connectivity index (χ4n) is 3.31. The molecule has 1 aliphatic rings. The van der Waals surface area contributed by atoms with Crippen LogP contribution in [-0.2, 0) is 17.6 Å². The number of hydrogen-bond donors (Lipinski definition) is 2. The Kier molecular flexibility index (Phi) is 5.52. The van der Waals surface area contributed by atoms with Crippen molar-refractivity contribution in [3.63, 3.8) is 0 Å². The monoisotopic (exact) mass is 354 g/mol. The van der Waals surface area contributed by atoms with Gasteiger partial charge >= 0.3 is 0 Å². The first-order valence-corrected chi connectivity index (χ1v) is 9.63. The predicted molar refractivity (Wildman–Crippen MR) is 101 cm³/mol. The highest BCUT2D eigenvalue weighted by molar-refractivity contribution is 7.16. The third kappa shape index (κ3) is 4.09. The van der Waals surface area contributed by atoms with Gasteiger partial charge in [-0.25, -0.2) is 0 Å². The van der Waals surface area contributed by atoms with Gasteiger partial charge in [0.05, 0.1) is 5.56 Å². The molecule has 1 aromatic carbocycles. The molecule has 25 heavy (non-hydrogen) atoms. The molecule has 0 saturated carbocycles. The van der Waals surface area contributed by atoms with E-state index in [1.165, 1.54) is 10.4 Å². The zero-order valence-electron chi connectivity index (χ0n) is 14.7. The first kappa shape index (κ1) is 17.7. The van der Waals surface area contributed by atoms with E-state index >= 15 is 0 Å². The standard InChI is InChI=1S/C20H23N3OS/c1-13-8-9-16-17(11-21)20(25-18(16)10-13)23-19(24)12-22-14(2)15-6-4-3-5-7-15/h3-7,13-14,22H,8-10,12H2,1-2H3,(H,23,24)/p+1/t13-,14+/m0/s1. The molecular weight excluding hydrogens is 330 g/mol. The van der Waals surface area contributed by atoms with Crippen LogP contribution in [0.25, 0.3) is 0 Å². The normalized spacial score (nSPS) is 17.4. The zero-order chi connectivity index (χ0) is 17.8. The van der Waals surface area contributed by atoms with E-state index in [4.69, 9.17) is 0 Å². The minimum absolute atomic E-state index is 0.0501. The highest BCUT2D eigenvalue weighted by Gasteiger charge is 2.25. The van der Waals surface area contributed by atoms with Crippen LogP contribution in [0.1, 0.15) is 47.9 Å². The summed E-state index contributed by atoms with van der Waals surface area (Å²) in [5, 5.41) is 15.2. The molecule has 2 aromatic rings. The maximum absolute atomic E-state index is 12.3. The number of rotatable bonds is 5. The van der Waals surface area contributed by atoms with E-state index in [-0.39, 0.29) is 11.9 Å². The van der Waals surface area contributed by atoms with Crippen LogP contribution in [0, 0.1) is 17.2 Å². The molecule has 0 radical (unpaired) electrons. The SMILES string of the molecule is C[C@H]1CCc2c(sc(NC(=O)C[NH2+][C@H](C)c3ccccc3)c2C#N)C1. The molecule has 1 amide bonds. The number of hydrogen-bond acceptors (Lipinski definition) is 3. The molecule has 1 heterocycles. The molecule has 0 unspecified atom stereocenters. The van der Waals surface area contributed by atoms with Crippen molar-refractivity contribution in [2.45, 2.75) is 39.2 Å². The number of anilines is 1. The van der Waals surface area contributed by atoms with E-state index < -0.39 is 0 Å². The summed E-state index contributed by atoms with van der Waals surface area (Å²) in [4.78, 5) is 13.6. The second kappa shape index (κ2) is 7.81. The van der Waals surface area contributed by atoms with E-state index in [9.17, 15) is 10.1 Å². The van der Waals surface area contributed by atoms with E-state index in [0.29, 0.717) is 18.0 Å². The van der Waals surface area contributed by atoms with Crippen molar-refractivity contribution in [3.05, 3.63) is 51.9 Å². The molecule has 0 fully saturated rings. The Morgan fingerprint density at radius 2 is 2.20 bits per heavy atom. The van der Waals surface area contributed by atoms with Gasteiger partial charge in [-0.1, -0.05) is 37.3 Å². The molecule has 0 bridgehead atoms. The summed E-state index contributed by atoms with van der Waals surface area (Å²) >= 11 is 1.58. The summed E-state index contributed by atoms with van der Waals surface area (Å²) in [5.74, 6) is 0.604. The lowest BCUT2D eigenvalue weighted by molar-refractivity contribution is -0.682. The van der Waals surface area contributed by atoms with Gasteiger partial charge in [0.15, 0.2) is 6.54 Å². The van der Waals surface area contributed by atoms with Gasteiger partial charge in [-0.05, 0) is 37.7 Å². The number of amides is 1. The lowest BCUT2D eigenvalue weighted by Gasteiger charge is -2.17. The van der Waals surface area contributed by atoms with E-state index in [2.05, 4.69) is 37.4 Å². The summed E-state index contributed by atoms with van der Waals surface area (Å²) in [6, 6.07) is 12.7. The van der Waals surface area contributed by atoms with Crippen molar-refractivity contribution < 1.29 is 10.1 Å². The summed E-state index contributed by atoms with van der Waals surface area (Å²) in [5.41, 5.74) is 3.03. The Balaban J connectivity index is 1.63. The zero-order valence-corrected chi connectivity index (χ0v) is 15.5. The van der Waals surface area contributed by atoms with Crippen molar-refractivity contribution in [2.24, 2.45) is 5.92 Å². The number of nitriles is 1. The quantitative estimate of drug-likeness (QED) is 0.866. The van der Waals surface area contributed by atoms with Gasteiger partial charge in [-0.3, -0.25) is 4.79 Å². The van der Waals surface area contributed by atoms with Crippen LogP contribution in [0.4, 0.5) is 5.00 Å². The molecule has 1 aromatic heterocycles. The molecule has 0 saturated heterocycles. The van der Waals surface area contributed by atoms with Crippen LogP contribution in [0.5, 0.6) is 0 Å². The molecular formula is C20H24N3OS+. The van der Waals surface area contributed by atoms with Crippen LogP contribution in [0.2, 0.25) is 0 Å². The number of nitrogens with two attached hydrogens (primary N) is 1. The Bertz CT molecular complexity index is 791.